The third-order valence-corrected chi connectivity index (χ3v) is 1.86. The first-order valence-corrected chi connectivity index (χ1v) is 3.87. The van der Waals surface area contributed by atoms with E-state index in [2.05, 4.69) is 6.92 Å². The summed E-state index contributed by atoms with van der Waals surface area (Å²) in [7, 11) is 0. The highest BCUT2D eigenvalue weighted by Gasteiger charge is 2.23. The number of hydrogen-bond acceptors (Lipinski definition) is 1. The van der Waals surface area contributed by atoms with Crippen LogP contribution in [0.3, 0.4) is 0 Å². The molecule has 1 heteroatoms. The molecule has 1 nitrogen and oxygen atoms in total. The van der Waals surface area contributed by atoms with Gasteiger partial charge in [-0.15, -0.1) is 0 Å². The Balaban J connectivity index is 3.91. The van der Waals surface area contributed by atoms with Gasteiger partial charge in [-0.25, -0.2) is 0 Å². The van der Waals surface area contributed by atoms with Crippen molar-refractivity contribution in [3.8, 4) is 0 Å². The predicted octanol–water partition coefficient (Wildman–Crippen LogP) is 2.61. The van der Waals surface area contributed by atoms with E-state index in [9.17, 15) is 4.79 Å². The maximum Gasteiger partial charge on any atom is 0.138 e. The molecule has 0 N–H and O–H groups in total. The van der Waals surface area contributed by atoms with Gasteiger partial charge in [-0.1, -0.05) is 27.7 Å². The molecule has 1 radical (unpaired) electrons. The molecule has 0 aromatic rings. The highest BCUT2D eigenvalue weighted by atomic mass is 16.1. The summed E-state index contributed by atoms with van der Waals surface area (Å²) in [5.74, 6) is 0.338. The fraction of sp³-hybridized carbons (Fsp3) is 0.778. The number of rotatable bonds is 4. The monoisotopic (exact) mass is 141 g/mol. The minimum absolute atomic E-state index is 0.198. The fourth-order valence-corrected chi connectivity index (χ4v) is 0.705. The van der Waals surface area contributed by atoms with Crippen LogP contribution in [-0.2, 0) is 4.79 Å². The van der Waals surface area contributed by atoms with Crippen LogP contribution >= 0.6 is 0 Å². The first kappa shape index (κ1) is 9.67. The van der Waals surface area contributed by atoms with Gasteiger partial charge in [-0.2, -0.15) is 0 Å². The van der Waals surface area contributed by atoms with E-state index in [-0.39, 0.29) is 5.41 Å². The molecular formula is C9H17O. The lowest BCUT2D eigenvalue weighted by Crippen LogP contribution is -2.22. The van der Waals surface area contributed by atoms with E-state index in [0.717, 1.165) is 6.42 Å². The van der Waals surface area contributed by atoms with Gasteiger partial charge in [0.2, 0.25) is 0 Å². The largest absolute Gasteiger partial charge is 0.299 e. The lowest BCUT2D eigenvalue weighted by Gasteiger charge is -2.19. The van der Waals surface area contributed by atoms with E-state index < -0.39 is 0 Å². The van der Waals surface area contributed by atoms with Gasteiger partial charge in [0.1, 0.15) is 5.78 Å². The Kier molecular flexibility index (Phi) is 3.62. The Morgan fingerprint density at radius 1 is 1.50 bits per heavy atom. The quantitative estimate of drug-likeness (QED) is 0.588. The first-order chi connectivity index (χ1) is 4.54. The standard InChI is InChI=1S/C9H17O/c1-5-7-8(10)9(3,4)6-2/h2,5-7H2,1,3-4H3. The van der Waals surface area contributed by atoms with Crippen molar-refractivity contribution >= 4 is 5.78 Å². The van der Waals surface area contributed by atoms with Crippen LogP contribution in [0.15, 0.2) is 0 Å². The summed E-state index contributed by atoms with van der Waals surface area (Å²) in [4.78, 5) is 11.3. The minimum Gasteiger partial charge on any atom is -0.299 e. The van der Waals surface area contributed by atoms with Gasteiger partial charge in [-0.05, 0) is 12.8 Å². The zero-order valence-corrected chi connectivity index (χ0v) is 7.24. The van der Waals surface area contributed by atoms with Crippen molar-refractivity contribution in [3.63, 3.8) is 0 Å². The van der Waals surface area contributed by atoms with Gasteiger partial charge in [-0.3, -0.25) is 4.79 Å². The van der Waals surface area contributed by atoms with Gasteiger partial charge in [0.25, 0.3) is 0 Å². The summed E-state index contributed by atoms with van der Waals surface area (Å²) < 4.78 is 0. The summed E-state index contributed by atoms with van der Waals surface area (Å²) in [6.07, 6.45) is 2.34. The Morgan fingerprint density at radius 3 is 2.30 bits per heavy atom. The Bertz CT molecular complexity index is 114. The molecule has 0 aromatic heterocycles. The van der Waals surface area contributed by atoms with E-state index in [0.29, 0.717) is 18.6 Å². The van der Waals surface area contributed by atoms with E-state index >= 15 is 0 Å². The Labute approximate surface area is 63.8 Å². The lowest BCUT2D eigenvalue weighted by molar-refractivity contribution is -0.127. The number of hydrogen-bond donors (Lipinski definition) is 0. The van der Waals surface area contributed by atoms with Crippen molar-refractivity contribution in [3.05, 3.63) is 6.92 Å². The zero-order chi connectivity index (χ0) is 8.20. The van der Waals surface area contributed by atoms with Gasteiger partial charge in [0.15, 0.2) is 0 Å². The van der Waals surface area contributed by atoms with Crippen molar-refractivity contribution in [2.45, 2.75) is 40.0 Å². The molecule has 0 aliphatic carbocycles. The molecule has 0 fully saturated rings. The fourth-order valence-electron chi connectivity index (χ4n) is 0.705. The van der Waals surface area contributed by atoms with Crippen molar-refractivity contribution in [2.24, 2.45) is 5.41 Å². The van der Waals surface area contributed by atoms with Crippen molar-refractivity contribution in [1.29, 1.82) is 0 Å². The van der Waals surface area contributed by atoms with Crippen LogP contribution in [0.4, 0.5) is 0 Å². The second kappa shape index (κ2) is 3.75. The van der Waals surface area contributed by atoms with Crippen molar-refractivity contribution in [2.75, 3.05) is 0 Å². The average molecular weight is 141 g/mol. The summed E-state index contributed by atoms with van der Waals surface area (Å²) >= 11 is 0. The Morgan fingerprint density at radius 2 is 2.00 bits per heavy atom. The van der Waals surface area contributed by atoms with Crippen LogP contribution in [0.2, 0.25) is 0 Å². The molecule has 0 aromatic carbocycles. The molecule has 0 atom stereocenters. The molecule has 0 rings (SSSR count). The summed E-state index contributed by atoms with van der Waals surface area (Å²) in [5, 5.41) is 0. The van der Waals surface area contributed by atoms with Crippen molar-refractivity contribution < 1.29 is 4.79 Å². The number of Topliss-reactive ketones (excluding diaryl/α,β-unsaturated/α-hetero) is 1. The number of ketones is 1. The first-order valence-electron chi connectivity index (χ1n) is 3.87. The lowest BCUT2D eigenvalue weighted by atomic mass is 9.83. The molecule has 0 bridgehead atoms. The second-order valence-electron chi connectivity index (χ2n) is 3.31. The van der Waals surface area contributed by atoms with Crippen LogP contribution in [-0.4, -0.2) is 5.78 Å². The zero-order valence-electron chi connectivity index (χ0n) is 7.24. The van der Waals surface area contributed by atoms with E-state index in [1.54, 1.807) is 0 Å². The molecule has 59 valence electrons. The summed E-state index contributed by atoms with van der Waals surface area (Å²) in [5.41, 5.74) is -0.198. The molecular weight excluding hydrogens is 124 g/mol. The second-order valence-corrected chi connectivity index (χ2v) is 3.31. The van der Waals surface area contributed by atoms with Gasteiger partial charge < -0.3 is 0 Å². The number of carbonyl (C=O) groups is 1. The molecule has 0 aliphatic rings. The van der Waals surface area contributed by atoms with Gasteiger partial charge in [0.05, 0.1) is 0 Å². The molecule has 0 amide bonds. The maximum absolute atomic E-state index is 11.3. The van der Waals surface area contributed by atoms with Crippen molar-refractivity contribution in [1.82, 2.24) is 0 Å². The van der Waals surface area contributed by atoms with Gasteiger partial charge in [0, 0.05) is 11.8 Å². The van der Waals surface area contributed by atoms with Crippen LogP contribution in [0.1, 0.15) is 40.0 Å². The van der Waals surface area contributed by atoms with Gasteiger partial charge >= 0.3 is 0 Å². The normalized spacial score (nSPS) is 11.6. The highest BCUT2D eigenvalue weighted by molar-refractivity contribution is 5.83. The maximum atomic E-state index is 11.3. The molecule has 0 saturated carbocycles. The summed E-state index contributed by atoms with van der Waals surface area (Å²) in [6, 6.07) is 0. The smallest absolute Gasteiger partial charge is 0.138 e. The topological polar surface area (TPSA) is 17.1 Å². The summed E-state index contributed by atoms with van der Waals surface area (Å²) in [6.45, 7) is 9.68. The van der Waals surface area contributed by atoms with E-state index in [1.165, 1.54) is 0 Å². The van der Waals surface area contributed by atoms with Crippen LogP contribution in [0, 0.1) is 12.3 Å². The number of carbonyl (C=O) groups excluding carboxylic acids is 1. The SMILES string of the molecule is [CH2]CC(C)(C)C(=O)CCC. The molecule has 10 heavy (non-hydrogen) atoms. The average Bonchev–Trinajstić information content (AvgIpc) is 1.89. The Hall–Kier alpha value is -0.330. The molecule has 0 aliphatic heterocycles. The third kappa shape index (κ3) is 2.51. The third-order valence-electron chi connectivity index (χ3n) is 1.86. The molecule has 0 heterocycles. The van der Waals surface area contributed by atoms with E-state index in [4.69, 9.17) is 0 Å². The van der Waals surface area contributed by atoms with Crippen LogP contribution in [0.25, 0.3) is 0 Å². The van der Waals surface area contributed by atoms with E-state index in [1.807, 2.05) is 20.8 Å². The van der Waals surface area contributed by atoms with Crippen LogP contribution in [0.5, 0.6) is 0 Å². The molecule has 0 spiro atoms. The molecule has 0 unspecified atom stereocenters. The highest BCUT2D eigenvalue weighted by Crippen LogP contribution is 2.22. The minimum atomic E-state index is -0.198. The predicted molar refractivity (Wildman–Crippen MR) is 43.7 cm³/mol. The molecule has 0 saturated heterocycles. The van der Waals surface area contributed by atoms with Crippen LogP contribution < -0.4 is 0 Å².